The zero-order valence-electron chi connectivity index (χ0n) is 11.4. The van der Waals surface area contributed by atoms with Gasteiger partial charge in [0.2, 0.25) is 0 Å². The summed E-state index contributed by atoms with van der Waals surface area (Å²) in [5, 5.41) is 48.7. The van der Waals surface area contributed by atoms with Crippen molar-refractivity contribution < 1.29 is 35.0 Å². The van der Waals surface area contributed by atoms with Gasteiger partial charge in [-0.25, -0.2) is 0 Å². The quantitative estimate of drug-likeness (QED) is 0.442. The Balaban J connectivity index is 1.97. The smallest absolute Gasteiger partial charge is 0.189 e. The van der Waals surface area contributed by atoms with E-state index in [9.17, 15) is 20.4 Å². The van der Waals surface area contributed by atoms with Gasteiger partial charge >= 0.3 is 0 Å². The predicted molar refractivity (Wildman–Crippen MR) is 71.0 cm³/mol. The molecule has 2 rings (SSSR count). The molecule has 1 fully saturated rings. The Hall–Kier alpha value is -1.06. The highest BCUT2D eigenvalue weighted by molar-refractivity contribution is 5.13. The van der Waals surface area contributed by atoms with Gasteiger partial charge in [-0.3, -0.25) is 0 Å². The molecule has 1 aromatic carbocycles. The lowest BCUT2D eigenvalue weighted by molar-refractivity contribution is -0.338. The number of rotatable bonds is 5. The topological polar surface area (TPSA) is 120 Å². The molecule has 0 aromatic heterocycles. The lowest BCUT2D eigenvalue weighted by Crippen LogP contribution is -2.68. The minimum absolute atomic E-state index is 0.169. The molecule has 5 N–H and O–H groups in total. The van der Waals surface area contributed by atoms with E-state index < -0.39 is 43.4 Å². The van der Waals surface area contributed by atoms with Crippen LogP contribution in [0.4, 0.5) is 0 Å². The van der Waals surface area contributed by atoms with E-state index in [4.69, 9.17) is 14.6 Å². The molecule has 1 aliphatic rings. The van der Waals surface area contributed by atoms with Gasteiger partial charge in [0.05, 0.1) is 19.8 Å². The molecule has 1 unspecified atom stereocenters. The number of aliphatic hydroxyl groups is 5. The summed E-state index contributed by atoms with van der Waals surface area (Å²) >= 11 is 0. The van der Waals surface area contributed by atoms with Crippen molar-refractivity contribution in [2.24, 2.45) is 0 Å². The van der Waals surface area contributed by atoms with E-state index in [1.165, 1.54) is 0 Å². The summed E-state index contributed by atoms with van der Waals surface area (Å²) in [6.07, 6.45) is -6.16. The molecule has 1 aromatic rings. The molecule has 0 saturated carbocycles. The highest BCUT2D eigenvalue weighted by Gasteiger charge is 2.54. The Morgan fingerprint density at radius 3 is 2.43 bits per heavy atom. The molecular formula is C14H20O7. The van der Waals surface area contributed by atoms with E-state index in [0.29, 0.717) is 0 Å². The molecule has 0 spiro atoms. The fourth-order valence-electron chi connectivity index (χ4n) is 2.22. The summed E-state index contributed by atoms with van der Waals surface area (Å²) in [5.74, 6) is 0. The second-order valence-electron chi connectivity index (χ2n) is 5.11. The summed E-state index contributed by atoms with van der Waals surface area (Å²) in [7, 11) is 0. The summed E-state index contributed by atoms with van der Waals surface area (Å²) < 4.78 is 10.2. The van der Waals surface area contributed by atoms with Crippen LogP contribution < -0.4 is 0 Å². The number of benzene rings is 1. The van der Waals surface area contributed by atoms with Crippen molar-refractivity contribution in [2.75, 3.05) is 13.2 Å². The largest absolute Gasteiger partial charge is 0.394 e. The lowest BCUT2D eigenvalue weighted by Gasteiger charge is -2.45. The van der Waals surface area contributed by atoms with E-state index in [1.54, 1.807) is 0 Å². The predicted octanol–water partition coefficient (Wildman–Crippen LogP) is -1.63. The Morgan fingerprint density at radius 1 is 1.14 bits per heavy atom. The third-order valence-corrected chi connectivity index (χ3v) is 3.57. The number of hydrogen-bond acceptors (Lipinski definition) is 7. The van der Waals surface area contributed by atoms with Crippen LogP contribution in [0.15, 0.2) is 30.3 Å². The van der Waals surface area contributed by atoms with Crippen LogP contribution in [0.25, 0.3) is 0 Å². The van der Waals surface area contributed by atoms with Crippen molar-refractivity contribution >= 4 is 0 Å². The molecule has 0 aliphatic carbocycles. The van der Waals surface area contributed by atoms with E-state index in [-0.39, 0.29) is 6.61 Å². The fraction of sp³-hybridized carbons (Fsp3) is 0.571. The molecule has 1 heterocycles. The maximum atomic E-state index is 10.3. The standard InChI is InChI=1S/C14H20O7/c15-6-10-11(16)12(17)14(19,13(18)21-10)8-20-7-9-4-2-1-3-5-9/h1-5,10-13,15-19H,6-8H2/t10-,11-,12+,13?,14+/m1/s1. The Kier molecular flexibility index (Phi) is 5.28. The minimum atomic E-state index is -2.17. The Labute approximate surface area is 122 Å². The SMILES string of the molecule is OC[C@H]1OC(O)[C@](O)(COCc2ccccc2)[C@@H](O)[C@@H]1O. The van der Waals surface area contributed by atoms with Crippen molar-refractivity contribution in [2.45, 2.75) is 36.8 Å². The van der Waals surface area contributed by atoms with Crippen molar-refractivity contribution in [1.29, 1.82) is 0 Å². The van der Waals surface area contributed by atoms with Crippen LogP contribution in [-0.4, -0.2) is 68.9 Å². The molecule has 7 heteroatoms. The number of hydrogen-bond donors (Lipinski definition) is 5. The summed E-state index contributed by atoms with van der Waals surface area (Å²) in [6, 6.07) is 9.16. The summed E-state index contributed by atoms with van der Waals surface area (Å²) in [6.45, 7) is -0.849. The van der Waals surface area contributed by atoms with Gasteiger partial charge in [0.25, 0.3) is 0 Å². The summed E-state index contributed by atoms with van der Waals surface area (Å²) in [5.41, 5.74) is -1.31. The first-order valence-corrected chi connectivity index (χ1v) is 6.63. The highest BCUT2D eigenvalue weighted by Crippen LogP contribution is 2.29. The lowest BCUT2D eigenvalue weighted by atomic mass is 9.87. The summed E-state index contributed by atoms with van der Waals surface area (Å²) in [4.78, 5) is 0. The van der Waals surface area contributed by atoms with E-state index in [2.05, 4.69) is 0 Å². The first-order valence-electron chi connectivity index (χ1n) is 6.63. The molecule has 1 saturated heterocycles. The van der Waals surface area contributed by atoms with E-state index in [0.717, 1.165) is 5.56 Å². The molecule has 118 valence electrons. The normalized spacial score (nSPS) is 36.6. The molecule has 0 amide bonds. The van der Waals surface area contributed by atoms with E-state index >= 15 is 0 Å². The van der Waals surface area contributed by atoms with Gasteiger partial charge in [0.1, 0.15) is 18.3 Å². The second kappa shape index (κ2) is 6.80. The van der Waals surface area contributed by atoms with Crippen LogP contribution in [0.3, 0.4) is 0 Å². The molecule has 7 nitrogen and oxygen atoms in total. The van der Waals surface area contributed by atoms with Gasteiger partial charge in [-0.05, 0) is 5.56 Å². The van der Waals surface area contributed by atoms with Crippen molar-refractivity contribution in [3.8, 4) is 0 Å². The first-order chi connectivity index (χ1) is 9.99. The highest BCUT2D eigenvalue weighted by atomic mass is 16.6. The maximum absolute atomic E-state index is 10.3. The van der Waals surface area contributed by atoms with Crippen molar-refractivity contribution in [1.82, 2.24) is 0 Å². The van der Waals surface area contributed by atoms with Crippen molar-refractivity contribution in [3.05, 3.63) is 35.9 Å². The van der Waals surface area contributed by atoms with Crippen molar-refractivity contribution in [3.63, 3.8) is 0 Å². The van der Waals surface area contributed by atoms with Gasteiger partial charge in [0.15, 0.2) is 11.9 Å². The van der Waals surface area contributed by atoms with Gasteiger partial charge in [-0.2, -0.15) is 0 Å². The number of aliphatic hydroxyl groups excluding tert-OH is 4. The van der Waals surface area contributed by atoms with Gasteiger partial charge in [-0.15, -0.1) is 0 Å². The van der Waals surface area contributed by atoms with Crippen LogP contribution in [0.1, 0.15) is 5.56 Å². The molecule has 0 bridgehead atoms. The first kappa shape index (κ1) is 16.3. The molecule has 1 aliphatic heterocycles. The van der Waals surface area contributed by atoms with Gasteiger partial charge in [0, 0.05) is 0 Å². The molecule has 21 heavy (non-hydrogen) atoms. The number of ether oxygens (including phenoxy) is 2. The average molecular weight is 300 g/mol. The van der Waals surface area contributed by atoms with Crippen LogP contribution >= 0.6 is 0 Å². The maximum Gasteiger partial charge on any atom is 0.189 e. The van der Waals surface area contributed by atoms with Crippen LogP contribution in [0.2, 0.25) is 0 Å². The Bertz CT molecular complexity index is 440. The van der Waals surface area contributed by atoms with Gasteiger partial charge < -0.3 is 35.0 Å². The van der Waals surface area contributed by atoms with Crippen LogP contribution in [0.5, 0.6) is 0 Å². The van der Waals surface area contributed by atoms with Gasteiger partial charge in [-0.1, -0.05) is 30.3 Å². The molecule has 5 atom stereocenters. The van der Waals surface area contributed by atoms with E-state index in [1.807, 2.05) is 30.3 Å². The van der Waals surface area contributed by atoms with Crippen LogP contribution in [-0.2, 0) is 16.1 Å². The zero-order chi connectivity index (χ0) is 15.5. The second-order valence-corrected chi connectivity index (χ2v) is 5.11. The third kappa shape index (κ3) is 3.41. The van der Waals surface area contributed by atoms with Crippen LogP contribution in [0, 0.1) is 0 Å². The minimum Gasteiger partial charge on any atom is -0.394 e. The fourth-order valence-corrected chi connectivity index (χ4v) is 2.22. The molecular weight excluding hydrogens is 280 g/mol. The zero-order valence-corrected chi connectivity index (χ0v) is 11.4. The average Bonchev–Trinajstić information content (AvgIpc) is 2.50. The third-order valence-electron chi connectivity index (χ3n) is 3.57. The molecule has 0 radical (unpaired) electrons. The Morgan fingerprint density at radius 2 is 1.81 bits per heavy atom. The monoisotopic (exact) mass is 300 g/mol.